The van der Waals surface area contributed by atoms with Gasteiger partial charge in [-0.2, -0.15) is 0 Å². The predicted octanol–water partition coefficient (Wildman–Crippen LogP) is 4.37. The number of benzene rings is 2. The molecule has 0 aliphatic rings. The molecule has 2 rings (SSSR count). The average molecular weight is 292 g/mol. The highest BCUT2D eigenvalue weighted by Crippen LogP contribution is 2.25. The second kappa shape index (κ2) is 6.38. The molecular weight excluding hydrogens is 273 g/mol. The third kappa shape index (κ3) is 3.59. The molecule has 106 valence electrons. The summed E-state index contributed by atoms with van der Waals surface area (Å²) < 4.78 is 14.0. The summed E-state index contributed by atoms with van der Waals surface area (Å²) in [6.07, 6.45) is 1.97. The molecule has 20 heavy (non-hydrogen) atoms. The Morgan fingerprint density at radius 1 is 1.05 bits per heavy atom. The fraction of sp³-hybridized carbons (Fsp3) is 0.294. The summed E-state index contributed by atoms with van der Waals surface area (Å²) in [4.78, 5) is 0. The molecule has 0 saturated carbocycles. The summed E-state index contributed by atoms with van der Waals surface area (Å²) in [6, 6.07) is 15.1. The molecule has 0 amide bonds. The first-order valence-corrected chi connectivity index (χ1v) is 7.17. The normalized spacial score (nSPS) is 14.0. The van der Waals surface area contributed by atoms with Crippen LogP contribution in [0.3, 0.4) is 0 Å². The lowest BCUT2D eigenvalue weighted by molar-refractivity contribution is 0.397. The van der Waals surface area contributed by atoms with Crippen molar-refractivity contribution in [2.75, 3.05) is 0 Å². The second-order valence-corrected chi connectivity index (χ2v) is 5.68. The van der Waals surface area contributed by atoms with E-state index in [1.807, 2.05) is 37.3 Å². The van der Waals surface area contributed by atoms with Gasteiger partial charge in [0.15, 0.2) is 0 Å². The van der Waals surface area contributed by atoms with Crippen LogP contribution < -0.4 is 5.73 Å². The van der Waals surface area contributed by atoms with Crippen molar-refractivity contribution in [3.05, 3.63) is 70.5 Å². The van der Waals surface area contributed by atoms with E-state index in [9.17, 15) is 4.39 Å². The van der Waals surface area contributed by atoms with Gasteiger partial charge in [-0.05, 0) is 36.5 Å². The Labute approximate surface area is 124 Å². The first-order valence-electron chi connectivity index (χ1n) is 6.80. The largest absolute Gasteiger partial charge is 0.325 e. The SMILES string of the molecule is CCC(N)(Cc1ccccc1)Cc1cccc(Cl)c1F. The molecule has 0 aliphatic carbocycles. The summed E-state index contributed by atoms with van der Waals surface area (Å²) >= 11 is 5.83. The molecule has 0 fully saturated rings. The van der Waals surface area contributed by atoms with Gasteiger partial charge in [0.05, 0.1) is 5.02 Å². The van der Waals surface area contributed by atoms with Crippen molar-refractivity contribution in [2.24, 2.45) is 5.73 Å². The quantitative estimate of drug-likeness (QED) is 0.869. The van der Waals surface area contributed by atoms with Crippen LogP contribution in [0.5, 0.6) is 0 Å². The molecule has 2 aromatic rings. The zero-order valence-electron chi connectivity index (χ0n) is 11.6. The molecule has 2 N–H and O–H groups in total. The van der Waals surface area contributed by atoms with Gasteiger partial charge in [0.1, 0.15) is 5.82 Å². The van der Waals surface area contributed by atoms with Crippen LogP contribution in [0.15, 0.2) is 48.5 Å². The lowest BCUT2D eigenvalue weighted by Gasteiger charge is -2.29. The molecule has 1 atom stereocenters. The Hall–Kier alpha value is -1.38. The third-order valence-electron chi connectivity index (χ3n) is 3.68. The topological polar surface area (TPSA) is 26.0 Å². The smallest absolute Gasteiger partial charge is 0.145 e. The van der Waals surface area contributed by atoms with Gasteiger partial charge in [0.25, 0.3) is 0 Å². The number of halogens is 2. The van der Waals surface area contributed by atoms with E-state index in [4.69, 9.17) is 17.3 Å². The fourth-order valence-corrected chi connectivity index (χ4v) is 2.57. The minimum Gasteiger partial charge on any atom is -0.325 e. The zero-order chi connectivity index (χ0) is 14.6. The Morgan fingerprint density at radius 3 is 2.40 bits per heavy atom. The molecule has 0 radical (unpaired) electrons. The monoisotopic (exact) mass is 291 g/mol. The van der Waals surface area contributed by atoms with Crippen molar-refractivity contribution in [2.45, 2.75) is 31.7 Å². The van der Waals surface area contributed by atoms with Gasteiger partial charge in [-0.25, -0.2) is 4.39 Å². The summed E-state index contributed by atoms with van der Waals surface area (Å²) in [5.74, 6) is -0.356. The average Bonchev–Trinajstić information content (AvgIpc) is 2.45. The van der Waals surface area contributed by atoms with E-state index in [1.165, 1.54) is 5.56 Å². The van der Waals surface area contributed by atoms with Gasteiger partial charge in [-0.15, -0.1) is 0 Å². The van der Waals surface area contributed by atoms with Gasteiger partial charge in [0, 0.05) is 5.54 Å². The lowest BCUT2D eigenvalue weighted by atomic mass is 9.83. The molecule has 3 heteroatoms. The van der Waals surface area contributed by atoms with Gasteiger partial charge < -0.3 is 5.73 Å². The highest BCUT2D eigenvalue weighted by Gasteiger charge is 2.25. The molecule has 0 aromatic heterocycles. The Kier molecular flexibility index (Phi) is 4.79. The maximum atomic E-state index is 14.0. The molecule has 0 saturated heterocycles. The summed E-state index contributed by atoms with van der Waals surface area (Å²) in [5, 5.41) is 0.153. The van der Waals surface area contributed by atoms with Crippen LogP contribution in [-0.2, 0) is 12.8 Å². The molecule has 1 nitrogen and oxygen atoms in total. The van der Waals surface area contributed by atoms with Crippen molar-refractivity contribution >= 4 is 11.6 Å². The van der Waals surface area contributed by atoms with Crippen LogP contribution in [0.25, 0.3) is 0 Å². The minimum absolute atomic E-state index is 0.153. The van der Waals surface area contributed by atoms with Crippen LogP contribution >= 0.6 is 11.6 Å². The Balaban J connectivity index is 2.21. The number of nitrogens with two attached hydrogens (primary N) is 1. The van der Waals surface area contributed by atoms with E-state index in [2.05, 4.69) is 0 Å². The summed E-state index contributed by atoms with van der Waals surface area (Å²) in [7, 11) is 0. The third-order valence-corrected chi connectivity index (χ3v) is 3.97. The van der Waals surface area contributed by atoms with E-state index in [0.29, 0.717) is 12.0 Å². The number of hydrogen-bond acceptors (Lipinski definition) is 1. The number of hydrogen-bond donors (Lipinski definition) is 1. The van der Waals surface area contributed by atoms with Crippen LogP contribution in [0, 0.1) is 5.82 Å². The highest BCUT2D eigenvalue weighted by molar-refractivity contribution is 6.30. The van der Waals surface area contributed by atoms with E-state index < -0.39 is 5.54 Å². The molecule has 1 unspecified atom stereocenters. The minimum atomic E-state index is -0.465. The number of rotatable bonds is 5. The molecule has 0 heterocycles. The molecule has 0 bridgehead atoms. The van der Waals surface area contributed by atoms with Gasteiger partial charge in [0.2, 0.25) is 0 Å². The standard InChI is InChI=1S/C17H19ClFN/c1-2-17(20,11-13-7-4-3-5-8-13)12-14-9-6-10-15(18)16(14)19/h3-10H,2,11-12,20H2,1H3. The van der Waals surface area contributed by atoms with Crippen molar-refractivity contribution in [3.63, 3.8) is 0 Å². The Bertz CT molecular complexity index is 570. The zero-order valence-corrected chi connectivity index (χ0v) is 12.3. The summed E-state index contributed by atoms with van der Waals surface area (Å²) in [6.45, 7) is 2.03. The highest BCUT2D eigenvalue weighted by atomic mass is 35.5. The lowest BCUT2D eigenvalue weighted by Crippen LogP contribution is -2.44. The fourth-order valence-electron chi connectivity index (χ4n) is 2.38. The van der Waals surface area contributed by atoms with Crippen molar-refractivity contribution in [1.29, 1.82) is 0 Å². The van der Waals surface area contributed by atoms with E-state index >= 15 is 0 Å². The Morgan fingerprint density at radius 2 is 1.75 bits per heavy atom. The maximum absolute atomic E-state index is 14.0. The van der Waals surface area contributed by atoms with E-state index in [-0.39, 0.29) is 10.8 Å². The van der Waals surface area contributed by atoms with Gasteiger partial charge >= 0.3 is 0 Å². The van der Waals surface area contributed by atoms with Crippen LogP contribution in [-0.4, -0.2) is 5.54 Å². The van der Waals surface area contributed by atoms with Gasteiger partial charge in [-0.1, -0.05) is 61.0 Å². The van der Waals surface area contributed by atoms with Gasteiger partial charge in [-0.3, -0.25) is 0 Å². The van der Waals surface area contributed by atoms with Crippen LogP contribution in [0.1, 0.15) is 24.5 Å². The molecule has 0 spiro atoms. The second-order valence-electron chi connectivity index (χ2n) is 5.27. The van der Waals surface area contributed by atoms with Crippen molar-refractivity contribution in [3.8, 4) is 0 Å². The molecular formula is C17H19ClFN. The molecule has 2 aromatic carbocycles. The van der Waals surface area contributed by atoms with Crippen LogP contribution in [0.2, 0.25) is 5.02 Å². The van der Waals surface area contributed by atoms with Crippen molar-refractivity contribution in [1.82, 2.24) is 0 Å². The first kappa shape index (κ1) is 15.0. The van der Waals surface area contributed by atoms with Crippen molar-refractivity contribution < 1.29 is 4.39 Å². The van der Waals surface area contributed by atoms with E-state index in [1.54, 1.807) is 18.2 Å². The summed E-state index contributed by atoms with van der Waals surface area (Å²) in [5.41, 5.74) is 7.75. The maximum Gasteiger partial charge on any atom is 0.145 e. The van der Waals surface area contributed by atoms with E-state index in [0.717, 1.165) is 12.8 Å². The molecule has 0 aliphatic heterocycles. The van der Waals surface area contributed by atoms with Crippen LogP contribution in [0.4, 0.5) is 4.39 Å². The first-order chi connectivity index (χ1) is 9.54. The predicted molar refractivity (Wildman–Crippen MR) is 82.5 cm³/mol.